The first-order chi connectivity index (χ1) is 9.47. The van der Waals surface area contributed by atoms with Gasteiger partial charge in [0.1, 0.15) is 11.8 Å². The molecule has 0 saturated carbocycles. The highest BCUT2D eigenvalue weighted by Crippen LogP contribution is 2.25. The second-order valence-corrected chi connectivity index (χ2v) is 4.42. The van der Waals surface area contributed by atoms with E-state index in [0.717, 1.165) is 5.56 Å². The Bertz CT molecular complexity index is 489. The van der Waals surface area contributed by atoms with Gasteiger partial charge in [0, 0.05) is 6.54 Å². The molecule has 20 heavy (non-hydrogen) atoms. The van der Waals surface area contributed by atoms with E-state index in [9.17, 15) is 9.59 Å². The number of benzene rings is 1. The minimum atomic E-state index is -0.562. The summed E-state index contributed by atoms with van der Waals surface area (Å²) in [5.41, 5.74) is 1.76. The predicted molar refractivity (Wildman–Crippen MR) is 78.0 cm³/mol. The predicted octanol–water partition coefficient (Wildman–Crippen LogP) is 1.65. The fourth-order valence-electron chi connectivity index (χ4n) is 1.66. The normalized spacial score (nSPS) is 11.4. The minimum Gasteiger partial charge on any atom is -0.495 e. The maximum absolute atomic E-state index is 11.8. The topological polar surface area (TPSA) is 79.5 Å². The molecule has 6 heteroatoms. The molecule has 1 rings (SSSR count). The van der Waals surface area contributed by atoms with E-state index >= 15 is 0 Å². The number of urea groups is 1. The number of carbonyl (C=O) groups excluding carboxylic acids is 2. The smallest absolute Gasteiger partial charge is 0.321 e. The summed E-state index contributed by atoms with van der Waals surface area (Å²) in [6.45, 7) is 5.87. The summed E-state index contributed by atoms with van der Waals surface area (Å²) in [4.78, 5) is 23.1. The van der Waals surface area contributed by atoms with Gasteiger partial charge in [0.25, 0.3) is 0 Å². The van der Waals surface area contributed by atoms with Gasteiger partial charge >= 0.3 is 6.03 Å². The van der Waals surface area contributed by atoms with Crippen LogP contribution >= 0.6 is 0 Å². The van der Waals surface area contributed by atoms with E-state index in [1.165, 1.54) is 0 Å². The highest BCUT2D eigenvalue weighted by Gasteiger charge is 2.16. The van der Waals surface area contributed by atoms with Crippen LogP contribution in [0.15, 0.2) is 18.2 Å². The third-order valence-electron chi connectivity index (χ3n) is 2.69. The van der Waals surface area contributed by atoms with Crippen LogP contribution in [0.5, 0.6) is 5.75 Å². The van der Waals surface area contributed by atoms with Crippen LogP contribution < -0.4 is 20.7 Å². The Kier molecular flexibility index (Phi) is 5.83. The van der Waals surface area contributed by atoms with E-state index in [0.29, 0.717) is 18.0 Å². The maximum Gasteiger partial charge on any atom is 0.321 e. The largest absolute Gasteiger partial charge is 0.495 e. The Morgan fingerprint density at radius 3 is 2.65 bits per heavy atom. The first-order valence-corrected chi connectivity index (χ1v) is 6.47. The summed E-state index contributed by atoms with van der Waals surface area (Å²) in [6, 6.07) is 4.57. The van der Waals surface area contributed by atoms with Crippen molar-refractivity contribution in [3.8, 4) is 5.75 Å². The van der Waals surface area contributed by atoms with Gasteiger partial charge in [-0.1, -0.05) is 6.07 Å². The van der Waals surface area contributed by atoms with Crippen LogP contribution in [0.25, 0.3) is 0 Å². The fraction of sp³-hybridized carbons (Fsp3) is 0.429. The highest BCUT2D eigenvalue weighted by atomic mass is 16.5. The molecule has 3 amide bonds. The lowest BCUT2D eigenvalue weighted by molar-refractivity contribution is -0.120. The van der Waals surface area contributed by atoms with Gasteiger partial charge in [-0.25, -0.2) is 4.79 Å². The second-order valence-electron chi connectivity index (χ2n) is 4.42. The van der Waals surface area contributed by atoms with Gasteiger partial charge in [0.2, 0.25) is 5.91 Å². The van der Waals surface area contributed by atoms with Gasteiger partial charge in [-0.2, -0.15) is 0 Å². The lowest BCUT2D eigenvalue weighted by Gasteiger charge is -2.17. The van der Waals surface area contributed by atoms with E-state index in [1.54, 1.807) is 21.0 Å². The summed E-state index contributed by atoms with van der Waals surface area (Å²) in [7, 11) is 1.56. The number of aryl methyl sites for hydroxylation is 1. The third kappa shape index (κ3) is 4.46. The molecule has 0 heterocycles. The number of hydrogen-bond donors (Lipinski definition) is 3. The average Bonchev–Trinajstić information content (AvgIpc) is 2.39. The molecular formula is C14H21N3O3. The minimum absolute atomic E-state index is 0.403. The van der Waals surface area contributed by atoms with Gasteiger partial charge in [-0.15, -0.1) is 0 Å². The molecule has 0 radical (unpaired) electrons. The van der Waals surface area contributed by atoms with Crippen LogP contribution in [0.4, 0.5) is 10.5 Å². The molecule has 0 aliphatic carbocycles. The van der Waals surface area contributed by atoms with Crippen molar-refractivity contribution in [3.63, 3.8) is 0 Å². The Hall–Kier alpha value is -2.24. The van der Waals surface area contributed by atoms with Gasteiger partial charge in [0.05, 0.1) is 12.8 Å². The van der Waals surface area contributed by atoms with Crippen LogP contribution in [0.2, 0.25) is 0 Å². The molecular weight excluding hydrogens is 258 g/mol. The number of anilines is 1. The maximum atomic E-state index is 11.8. The van der Waals surface area contributed by atoms with Crippen LogP contribution in [0, 0.1) is 6.92 Å². The van der Waals surface area contributed by atoms with Crippen molar-refractivity contribution in [1.82, 2.24) is 10.6 Å². The fourth-order valence-corrected chi connectivity index (χ4v) is 1.66. The molecule has 0 aromatic heterocycles. The molecule has 0 bridgehead atoms. The number of methoxy groups -OCH3 is 1. The van der Waals surface area contributed by atoms with E-state index in [1.807, 2.05) is 25.1 Å². The van der Waals surface area contributed by atoms with Crippen molar-refractivity contribution in [2.24, 2.45) is 0 Å². The molecule has 1 aromatic carbocycles. The van der Waals surface area contributed by atoms with Crippen LogP contribution in [-0.2, 0) is 4.79 Å². The van der Waals surface area contributed by atoms with Crippen LogP contribution in [0.1, 0.15) is 19.4 Å². The summed E-state index contributed by atoms with van der Waals surface area (Å²) in [5, 5.41) is 7.80. The van der Waals surface area contributed by atoms with Crippen molar-refractivity contribution in [3.05, 3.63) is 23.8 Å². The number of amides is 3. The van der Waals surface area contributed by atoms with E-state index in [4.69, 9.17) is 4.74 Å². The second kappa shape index (κ2) is 7.37. The number of carbonyl (C=O) groups is 2. The van der Waals surface area contributed by atoms with Gasteiger partial charge in [0.15, 0.2) is 0 Å². The Balaban J connectivity index is 2.70. The number of nitrogens with one attached hydrogen (secondary N) is 3. The molecule has 0 spiro atoms. The van der Waals surface area contributed by atoms with E-state index < -0.39 is 18.0 Å². The van der Waals surface area contributed by atoms with Gasteiger partial charge in [-0.3, -0.25) is 10.1 Å². The number of ether oxygens (including phenoxy) is 1. The summed E-state index contributed by atoms with van der Waals surface area (Å²) in [6.07, 6.45) is 0. The quantitative estimate of drug-likeness (QED) is 0.765. The first kappa shape index (κ1) is 15.8. The van der Waals surface area contributed by atoms with Crippen molar-refractivity contribution < 1.29 is 14.3 Å². The zero-order chi connectivity index (χ0) is 15.1. The van der Waals surface area contributed by atoms with Crippen molar-refractivity contribution in [2.45, 2.75) is 26.8 Å². The van der Waals surface area contributed by atoms with Crippen molar-refractivity contribution in [1.29, 1.82) is 0 Å². The SMILES string of the molecule is CCNC(=O)NC(=O)[C@H](C)Nc1cc(C)ccc1OC. The zero-order valence-corrected chi connectivity index (χ0v) is 12.2. The van der Waals surface area contributed by atoms with E-state index in [2.05, 4.69) is 16.0 Å². The highest BCUT2D eigenvalue weighted by molar-refractivity contribution is 5.98. The molecule has 0 unspecified atom stereocenters. The average molecular weight is 279 g/mol. The molecule has 0 aliphatic rings. The molecule has 0 aliphatic heterocycles. The first-order valence-electron chi connectivity index (χ1n) is 6.47. The molecule has 6 nitrogen and oxygen atoms in total. The lowest BCUT2D eigenvalue weighted by atomic mass is 10.2. The Morgan fingerprint density at radius 2 is 2.05 bits per heavy atom. The Morgan fingerprint density at radius 1 is 1.35 bits per heavy atom. The number of imide groups is 1. The lowest BCUT2D eigenvalue weighted by Crippen LogP contribution is -2.45. The summed E-state index contributed by atoms with van der Waals surface area (Å²) >= 11 is 0. The van der Waals surface area contributed by atoms with Gasteiger partial charge < -0.3 is 15.4 Å². The van der Waals surface area contributed by atoms with Crippen molar-refractivity contribution >= 4 is 17.6 Å². The molecule has 110 valence electrons. The summed E-state index contributed by atoms with van der Waals surface area (Å²) in [5.74, 6) is 0.243. The Labute approximate surface area is 118 Å². The molecule has 1 atom stereocenters. The van der Waals surface area contributed by atoms with Gasteiger partial charge in [-0.05, 0) is 38.5 Å². The standard InChI is InChI=1S/C14H21N3O3/c1-5-15-14(19)17-13(18)10(3)16-11-8-9(2)6-7-12(11)20-4/h6-8,10,16H,5H2,1-4H3,(H2,15,17,18,19)/t10-/m0/s1. The monoisotopic (exact) mass is 279 g/mol. The van der Waals surface area contributed by atoms with Crippen LogP contribution in [0.3, 0.4) is 0 Å². The van der Waals surface area contributed by atoms with Crippen LogP contribution in [-0.4, -0.2) is 31.6 Å². The molecule has 1 aromatic rings. The molecule has 0 fully saturated rings. The zero-order valence-electron chi connectivity index (χ0n) is 12.2. The molecule has 3 N–H and O–H groups in total. The van der Waals surface area contributed by atoms with Crippen molar-refractivity contribution in [2.75, 3.05) is 19.0 Å². The number of hydrogen-bond acceptors (Lipinski definition) is 4. The molecule has 0 saturated heterocycles. The number of rotatable bonds is 5. The summed E-state index contributed by atoms with van der Waals surface area (Å²) < 4.78 is 5.23. The van der Waals surface area contributed by atoms with E-state index in [-0.39, 0.29) is 0 Å². The third-order valence-corrected chi connectivity index (χ3v) is 2.69.